The summed E-state index contributed by atoms with van der Waals surface area (Å²) in [7, 11) is 0. The van der Waals surface area contributed by atoms with E-state index in [-0.39, 0.29) is 11.1 Å². The summed E-state index contributed by atoms with van der Waals surface area (Å²) in [5.41, 5.74) is 1.44. The molecular weight excluding hydrogens is 396 g/mol. The molecule has 0 bridgehead atoms. The van der Waals surface area contributed by atoms with Crippen LogP contribution in [0.15, 0.2) is 45.3 Å². The summed E-state index contributed by atoms with van der Waals surface area (Å²) in [6.45, 7) is 1.97. The van der Waals surface area contributed by atoms with E-state index < -0.39 is 5.82 Å². The number of rotatable bonds is 3. The van der Waals surface area contributed by atoms with Crippen molar-refractivity contribution in [2.24, 2.45) is 0 Å². The highest BCUT2D eigenvalue weighted by Gasteiger charge is 2.13. The minimum Gasteiger partial charge on any atom is -0.376 e. The van der Waals surface area contributed by atoms with Gasteiger partial charge in [-0.1, -0.05) is 55.6 Å². The van der Waals surface area contributed by atoms with E-state index in [9.17, 15) is 4.39 Å². The number of benzene rings is 2. The Bertz CT molecular complexity index is 604. The number of anilines is 1. The predicted octanol–water partition coefficient (Wildman–Crippen LogP) is 6.18. The second kappa shape index (κ2) is 6.25. The third-order valence-electron chi connectivity index (χ3n) is 2.75. The first kappa shape index (κ1) is 14.8. The van der Waals surface area contributed by atoms with Gasteiger partial charge in [-0.25, -0.2) is 4.39 Å². The lowest BCUT2D eigenvalue weighted by atomic mass is 10.1. The van der Waals surface area contributed by atoms with Crippen molar-refractivity contribution < 1.29 is 4.39 Å². The molecular formula is C14H11Br2ClFN. The number of nitrogens with one attached hydrogen (secondary N) is 1. The molecule has 1 unspecified atom stereocenters. The van der Waals surface area contributed by atoms with Crippen molar-refractivity contribution in [3.05, 3.63) is 61.7 Å². The fourth-order valence-electron chi connectivity index (χ4n) is 1.78. The van der Waals surface area contributed by atoms with Crippen LogP contribution in [-0.4, -0.2) is 0 Å². The molecule has 0 heterocycles. The smallest absolute Gasteiger partial charge is 0.164 e. The van der Waals surface area contributed by atoms with Gasteiger partial charge in [0.1, 0.15) is 0 Å². The van der Waals surface area contributed by atoms with Gasteiger partial charge in [-0.3, -0.25) is 0 Å². The van der Waals surface area contributed by atoms with Crippen molar-refractivity contribution in [2.45, 2.75) is 13.0 Å². The van der Waals surface area contributed by atoms with Gasteiger partial charge in [-0.2, -0.15) is 0 Å². The Morgan fingerprint density at radius 2 is 1.95 bits per heavy atom. The zero-order valence-corrected chi connectivity index (χ0v) is 14.0. The molecule has 5 heteroatoms. The Hall–Kier alpha value is -0.580. The van der Waals surface area contributed by atoms with E-state index in [0.717, 1.165) is 14.5 Å². The summed E-state index contributed by atoms with van der Waals surface area (Å²) in [6, 6.07) is 10.8. The quantitative estimate of drug-likeness (QED) is 0.641. The second-order valence-electron chi connectivity index (χ2n) is 4.13. The van der Waals surface area contributed by atoms with Gasteiger partial charge in [0, 0.05) is 15.0 Å². The molecule has 0 aliphatic carbocycles. The predicted molar refractivity (Wildman–Crippen MR) is 85.3 cm³/mol. The van der Waals surface area contributed by atoms with Crippen molar-refractivity contribution in [3.8, 4) is 0 Å². The van der Waals surface area contributed by atoms with Gasteiger partial charge < -0.3 is 5.32 Å². The van der Waals surface area contributed by atoms with E-state index in [1.165, 1.54) is 6.07 Å². The average Bonchev–Trinajstić information content (AvgIpc) is 2.34. The molecule has 0 saturated carbocycles. The molecule has 19 heavy (non-hydrogen) atoms. The van der Waals surface area contributed by atoms with Crippen LogP contribution >= 0.6 is 43.5 Å². The molecule has 1 nitrogen and oxygen atoms in total. The molecule has 2 rings (SSSR count). The Balaban J connectivity index is 2.25. The third kappa shape index (κ3) is 3.50. The monoisotopic (exact) mass is 405 g/mol. The zero-order valence-electron chi connectivity index (χ0n) is 10.1. The highest BCUT2D eigenvalue weighted by Crippen LogP contribution is 2.30. The van der Waals surface area contributed by atoms with Gasteiger partial charge in [0.25, 0.3) is 0 Å². The number of hydrogen-bond acceptors (Lipinski definition) is 1. The van der Waals surface area contributed by atoms with Crippen LogP contribution in [0.4, 0.5) is 10.1 Å². The minimum atomic E-state index is -0.427. The van der Waals surface area contributed by atoms with E-state index in [2.05, 4.69) is 37.2 Å². The zero-order chi connectivity index (χ0) is 14.0. The van der Waals surface area contributed by atoms with E-state index >= 15 is 0 Å². The van der Waals surface area contributed by atoms with E-state index in [4.69, 9.17) is 11.6 Å². The molecule has 1 N–H and O–H groups in total. The Morgan fingerprint density at radius 3 is 2.63 bits per heavy atom. The van der Waals surface area contributed by atoms with Gasteiger partial charge in [-0.05, 0) is 36.8 Å². The van der Waals surface area contributed by atoms with Gasteiger partial charge >= 0.3 is 0 Å². The minimum absolute atomic E-state index is 0.0459. The fourth-order valence-corrected chi connectivity index (χ4v) is 3.34. The molecule has 0 radical (unpaired) electrons. The standard InChI is InChI=1S/C14H11Br2ClFN/c1-8(10-6-5-9(15)7-11(10)16)19-13-4-2-3-12(17)14(13)18/h2-8,19H,1H3. The molecule has 0 aliphatic heterocycles. The molecule has 0 saturated heterocycles. The molecule has 2 aromatic carbocycles. The van der Waals surface area contributed by atoms with Crippen molar-refractivity contribution >= 4 is 49.1 Å². The van der Waals surface area contributed by atoms with Gasteiger partial charge in [0.2, 0.25) is 0 Å². The first-order valence-corrected chi connectivity index (χ1v) is 7.61. The summed E-state index contributed by atoms with van der Waals surface area (Å²) in [4.78, 5) is 0. The van der Waals surface area contributed by atoms with Crippen molar-refractivity contribution in [3.63, 3.8) is 0 Å². The topological polar surface area (TPSA) is 12.0 Å². The number of hydrogen-bond donors (Lipinski definition) is 1. The number of halogens is 4. The van der Waals surface area contributed by atoms with Crippen molar-refractivity contribution in [1.82, 2.24) is 0 Å². The molecule has 0 fully saturated rings. The molecule has 0 aliphatic rings. The van der Waals surface area contributed by atoms with Crippen LogP contribution < -0.4 is 5.32 Å². The maximum Gasteiger partial charge on any atom is 0.164 e. The molecule has 2 aromatic rings. The SMILES string of the molecule is CC(Nc1cccc(Cl)c1F)c1ccc(Br)cc1Br. The van der Waals surface area contributed by atoms with Gasteiger partial charge in [0.05, 0.1) is 10.7 Å². The normalized spacial score (nSPS) is 12.3. The van der Waals surface area contributed by atoms with Gasteiger partial charge in [-0.15, -0.1) is 0 Å². The first-order chi connectivity index (χ1) is 8.99. The Labute approximate surface area is 133 Å². The van der Waals surface area contributed by atoms with Crippen LogP contribution in [0, 0.1) is 5.82 Å². The lowest BCUT2D eigenvalue weighted by Gasteiger charge is -2.18. The van der Waals surface area contributed by atoms with Crippen LogP contribution in [0.5, 0.6) is 0 Å². The lowest BCUT2D eigenvalue weighted by molar-refractivity contribution is 0.628. The summed E-state index contributed by atoms with van der Waals surface area (Å²) in [6.07, 6.45) is 0. The summed E-state index contributed by atoms with van der Waals surface area (Å²) in [5, 5.41) is 3.24. The molecule has 0 spiro atoms. The highest BCUT2D eigenvalue weighted by molar-refractivity contribution is 9.11. The van der Waals surface area contributed by atoms with Crippen LogP contribution in [0.25, 0.3) is 0 Å². The fraction of sp³-hybridized carbons (Fsp3) is 0.143. The van der Waals surface area contributed by atoms with E-state index in [1.807, 2.05) is 25.1 Å². The molecule has 0 aromatic heterocycles. The van der Waals surface area contributed by atoms with Crippen LogP contribution in [-0.2, 0) is 0 Å². The second-order valence-corrected chi connectivity index (χ2v) is 6.31. The van der Waals surface area contributed by atoms with E-state index in [1.54, 1.807) is 12.1 Å². The molecule has 1 atom stereocenters. The maximum atomic E-state index is 13.8. The van der Waals surface area contributed by atoms with Gasteiger partial charge in [0.15, 0.2) is 5.82 Å². The third-order valence-corrected chi connectivity index (χ3v) is 4.22. The van der Waals surface area contributed by atoms with Crippen LogP contribution in [0.2, 0.25) is 5.02 Å². The van der Waals surface area contributed by atoms with Crippen molar-refractivity contribution in [1.29, 1.82) is 0 Å². The largest absolute Gasteiger partial charge is 0.376 e. The summed E-state index contributed by atoms with van der Waals surface area (Å²) in [5.74, 6) is -0.427. The summed E-state index contributed by atoms with van der Waals surface area (Å²) < 4.78 is 15.8. The average molecular weight is 408 g/mol. The Morgan fingerprint density at radius 1 is 1.21 bits per heavy atom. The maximum absolute atomic E-state index is 13.8. The summed E-state index contributed by atoms with van der Waals surface area (Å²) >= 11 is 12.7. The highest BCUT2D eigenvalue weighted by atomic mass is 79.9. The molecule has 0 amide bonds. The lowest BCUT2D eigenvalue weighted by Crippen LogP contribution is -2.08. The van der Waals surface area contributed by atoms with Crippen LogP contribution in [0.3, 0.4) is 0 Å². The Kier molecular flexibility index (Phi) is 4.87. The molecule has 100 valence electrons. The van der Waals surface area contributed by atoms with Crippen LogP contribution in [0.1, 0.15) is 18.5 Å². The van der Waals surface area contributed by atoms with E-state index in [0.29, 0.717) is 5.69 Å². The van der Waals surface area contributed by atoms with Crippen molar-refractivity contribution in [2.75, 3.05) is 5.32 Å². The first-order valence-electron chi connectivity index (χ1n) is 5.64.